The van der Waals surface area contributed by atoms with Gasteiger partial charge in [-0.05, 0) is 26.2 Å². The van der Waals surface area contributed by atoms with Gasteiger partial charge in [-0.2, -0.15) is 0 Å². The number of carboxylic acids is 1. The molecule has 1 saturated heterocycles. The van der Waals surface area contributed by atoms with Gasteiger partial charge in [-0.1, -0.05) is 11.6 Å². The first-order chi connectivity index (χ1) is 8.58. The van der Waals surface area contributed by atoms with Gasteiger partial charge in [0, 0.05) is 26.2 Å². The van der Waals surface area contributed by atoms with E-state index in [0.29, 0.717) is 32.5 Å². The molecule has 0 aliphatic carbocycles. The molecule has 2 aliphatic heterocycles. The molecule has 2 rings (SSSR count). The fraction of sp³-hybridized carbons (Fsp3) is 0.692. The molecule has 1 N–H and O–H groups in total. The van der Waals surface area contributed by atoms with E-state index < -0.39 is 5.97 Å². The molecule has 0 atom stereocenters. The number of carbonyl (C=O) groups is 2. The summed E-state index contributed by atoms with van der Waals surface area (Å²) in [6.45, 7) is 4.67. The van der Waals surface area contributed by atoms with Crippen LogP contribution in [0.25, 0.3) is 0 Å². The number of urea groups is 1. The number of nitrogens with zero attached hydrogens (tertiary/aromatic N) is 2. The summed E-state index contributed by atoms with van der Waals surface area (Å²) >= 11 is 0. The number of likely N-dealkylation sites (tertiary alicyclic amines) is 1. The van der Waals surface area contributed by atoms with E-state index in [-0.39, 0.29) is 11.9 Å². The van der Waals surface area contributed by atoms with Crippen LogP contribution in [0.5, 0.6) is 0 Å². The van der Waals surface area contributed by atoms with Crippen molar-refractivity contribution in [2.75, 3.05) is 26.2 Å². The van der Waals surface area contributed by atoms with E-state index in [0.717, 1.165) is 13.0 Å². The van der Waals surface area contributed by atoms with Gasteiger partial charge in [-0.15, -0.1) is 0 Å². The van der Waals surface area contributed by atoms with Crippen LogP contribution in [0.2, 0.25) is 0 Å². The van der Waals surface area contributed by atoms with Crippen LogP contribution in [0.3, 0.4) is 0 Å². The molecule has 0 unspecified atom stereocenters. The van der Waals surface area contributed by atoms with Crippen LogP contribution in [0.1, 0.15) is 26.2 Å². The molecule has 0 aromatic heterocycles. The van der Waals surface area contributed by atoms with E-state index in [2.05, 4.69) is 13.0 Å². The molecular weight excluding hydrogens is 232 g/mol. The predicted molar refractivity (Wildman–Crippen MR) is 67.3 cm³/mol. The fourth-order valence-corrected chi connectivity index (χ4v) is 2.46. The van der Waals surface area contributed by atoms with Gasteiger partial charge < -0.3 is 14.9 Å². The SMILES string of the molecule is CC1=CCN(C(=O)N2CCC(C(=O)O)CC2)CC1. The first-order valence-electron chi connectivity index (χ1n) is 6.50. The van der Waals surface area contributed by atoms with Crippen molar-refractivity contribution in [3.05, 3.63) is 11.6 Å². The highest BCUT2D eigenvalue weighted by molar-refractivity contribution is 5.76. The van der Waals surface area contributed by atoms with Gasteiger partial charge in [-0.25, -0.2) is 4.79 Å². The minimum atomic E-state index is -0.737. The summed E-state index contributed by atoms with van der Waals surface area (Å²) in [5, 5.41) is 8.92. The van der Waals surface area contributed by atoms with Gasteiger partial charge in [0.1, 0.15) is 0 Å². The molecule has 0 aromatic carbocycles. The molecule has 0 radical (unpaired) electrons. The second-order valence-corrected chi connectivity index (χ2v) is 5.13. The Balaban J connectivity index is 1.86. The summed E-state index contributed by atoms with van der Waals surface area (Å²) in [6, 6.07) is 0.0580. The Morgan fingerprint density at radius 3 is 2.39 bits per heavy atom. The Hall–Kier alpha value is -1.52. The zero-order chi connectivity index (χ0) is 13.1. The predicted octanol–water partition coefficient (Wildman–Crippen LogP) is 1.55. The second-order valence-electron chi connectivity index (χ2n) is 5.13. The molecule has 0 saturated carbocycles. The van der Waals surface area contributed by atoms with E-state index in [1.165, 1.54) is 5.57 Å². The normalized spacial score (nSPS) is 21.7. The molecule has 2 heterocycles. The molecule has 0 aromatic rings. The van der Waals surface area contributed by atoms with Gasteiger partial charge in [0.15, 0.2) is 0 Å². The Morgan fingerprint density at radius 2 is 1.89 bits per heavy atom. The number of piperidine rings is 1. The average molecular weight is 252 g/mol. The monoisotopic (exact) mass is 252 g/mol. The van der Waals surface area contributed by atoms with Gasteiger partial charge >= 0.3 is 12.0 Å². The molecule has 5 heteroatoms. The summed E-state index contributed by atoms with van der Waals surface area (Å²) < 4.78 is 0. The Labute approximate surface area is 107 Å². The Bertz CT molecular complexity index is 370. The Kier molecular flexibility index (Phi) is 3.89. The van der Waals surface area contributed by atoms with Crippen LogP contribution in [-0.2, 0) is 4.79 Å². The maximum Gasteiger partial charge on any atom is 0.320 e. The number of amides is 2. The topological polar surface area (TPSA) is 60.9 Å². The van der Waals surface area contributed by atoms with Crippen molar-refractivity contribution in [2.45, 2.75) is 26.2 Å². The van der Waals surface area contributed by atoms with Crippen LogP contribution in [0.4, 0.5) is 4.79 Å². The van der Waals surface area contributed by atoms with E-state index in [9.17, 15) is 9.59 Å². The van der Waals surface area contributed by atoms with Crippen LogP contribution >= 0.6 is 0 Å². The minimum Gasteiger partial charge on any atom is -0.481 e. The molecule has 100 valence electrons. The Morgan fingerprint density at radius 1 is 1.22 bits per heavy atom. The standard InChI is InChI=1S/C13H20N2O3/c1-10-2-6-14(7-3-10)13(18)15-8-4-11(5-9-15)12(16)17/h2,11H,3-9H2,1H3,(H,16,17). The van der Waals surface area contributed by atoms with Crippen molar-refractivity contribution < 1.29 is 14.7 Å². The van der Waals surface area contributed by atoms with Crippen molar-refractivity contribution in [1.29, 1.82) is 0 Å². The second kappa shape index (κ2) is 5.42. The maximum atomic E-state index is 12.2. The van der Waals surface area contributed by atoms with Crippen LogP contribution < -0.4 is 0 Å². The largest absolute Gasteiger partial charge is 0.481 e. The lowest BCUT2D eigenvalue weighted by molar-refractivity contribution is -0.143. The quantitative estimate of drug-likeness (QED) is 0.720. The number of hydrogen-bond donors (Lipinski definition) is 1. The highest BCUT2D eigenvalue weighted by atomic mass is 16.4. The van der Waals surface area contributed by atoms with Crippen LogP contribution in [0, 0.1) is 5.92 Å². The van der Waals surface area contributed by atoms with Crippen molar-refractivity contribution in [3.63, 3.8) is 0 Å². The third-order valence-electron chi connectivity index (χ3n) is 3.82. The lowest BCUT2D eigenvalue weighted by Gasteiger charge is -2.35. The van der Waals surface area contributed by atoms with Crippen LogP contribution in [-0.4, -0.2) is 53.1 Å². The molecule has 5 nitrogen and oxygen atoms in total. The molecule has 0 bridgehead atoms. The first-order valence-corrected chi connectivity index (χ1v) is 6.50. The van der Waals surface area contributed by atoms with E-state index in [1.54, 1.807) is 4.90 Å². The van der Waals surface area contributed by atoms with E-state index in [1.807, 2.05) is 4.90 Å². The van der Waals surface area contributed by atoms with Gasteiger partial charge in [0.25, 0.3) is 0 Å². The fourth-order valence-electron chi connectivity index (χ4n) is 2.46. The third kappa shape index (κ3) is 2.83. The molecule has 2 amide bonds. The summed E-state index contributed by atoms with van der Waals surface area (Å²) in [4.78, 5) is 26.7. The summed E-state index contributed by atoms with van der Waals surface area (Å²) in [5.74, 6) is -1.02. The summed E-state index contributed by atoms with van der Waals surface area (Å²) in [7, 11) is 0. The van der Waals surface area contributed by atoms with Crippen molar-refractivity contribution in [3.8, 4) is 0 Å². The first kappa shape index (κ1) is 12.9. The average Bonchev–Trinajstić information content (AvgIpc) is 2.39. The van der Waals surface area contributed by atoms with Gasteiger partial charge in [0.2, 0.25) is 0 Å². The van der Waals surface area contributed by atoms with E-state index >= 15 is 0 Å². The van der Waals surface area contributed by atoms with E-state index in [4.69, 9.17) is 5.11 Å². The van der Waals surface area contributed by atoms with Crippen molar-refractivity contribution >= 4 is 12.0 Å². The molecule has 1 fully saturated rings. The van der Waals surface area contributed by atoms with Gasteiger partial charge in [0.05, 0.1) is 5.92 Å². The van der Waals surface area contributed by atoms with Crippen LogP contribution in [0.15, 0.2) is 11.6 Å². The third-order valence-corrected chi connectivity index (χ3v) is 3.82. The van der Waals surface area contributed by atoms with Gasteiger partial charge in [-0.3, -0.25) is 4.79 Å². The lowest BCUT2D eigenvalue weighted by Crippen LogP contribution is -2.48. The summed E-state index contributed by atoms with van der Waals surface area (Å²) in [5.41, 5.74) is 1.34. The zero-order valence-corrected chi connectivity index (χ0v) is 10.8. The number of carbonyl (C=O) groups excluding carboxylic acids is 1. The summed E-state index contributed by atoms with van der Waals surface area (Å²) in [6.07, 6.45) is 4.18. The molecule has 2 aliphatic rings. The number of hydrogen-bond acceptors (Lipinski definition) is 2. The highest BCUT2D eigenvalue weighted by Gasteiger charge is 2.29. The molecular formula is C13H20N2O3. The molecule has 18 heavy (non-hydrogen) atoms. The maximum absolute atomic E-state index is 12.2. The van der Waals surface area contributed by atoms with Crippen molar-refractivity contribution in [2.24, 2.45) is 5.92 Å². The number of aliphatic carboxylic acids is 1. The van der Waals surface area contributed by atoms with Crippen molar-refractivity contribution in [1.82, 2.24) is 9.80 Å². The number of rotatable bonds is 1. The highest BCUT2D eigenvalue weighted by Crippen LogP contribution is 2.19. The lowest BCUT2D eigenvalue weighted by atomic mass is 9.97. The number of carboxylic acid groups (broad SMARTS) is 1. The minimum absolute atomic E-state index is 0.0580. The molecule has 0 spiro atoms. The zero-order valence-electron chi connectivity index (χ0n) is 10.8. The smallest absolute Gasteiger partial charge is 0.320 e.